The van der Waals surface area contributed by atoms with Crippen LogP contribution in [0.15, 0.2) is 182 Å². The first-order chi connectivity index (χ1) is 25.0. The quantitative estimate of drug-likeness (QED) is 0.165. The predicted octanol–water partition coefficient (Wildman–Crippen LogP) is 11.3. The number of fused-ring (bicyclic) bond motifs is 3. The molecule has 0 radical (unpaired) electrons. The lowest BCUT2D eigenvalue weighted by atomic mass is 9.96. The van der Waals surface area contributed by atoms with Gasteiger partial charge in [-0.3, -0.25) is 0 Å². The lowest BCUT2D eigenvalue weighted by Gasteiger charge is -2.18. The third-order valence-corrected chi connectivity index (χ3v) is 13.9. The molecule has 0 N–H and O–H groups in total. The number of hydrogen-bond donors (Lipinski definition) is 0. The summed E-state index contributed by atoms with van der Waals surface area (Å²) in [4.78, 5) is 10.2. The Morgan fingerprint density at radius 3 is 1.41 bits per heavy atom. The summed E-state index contributed by atoms with van der Waals surface area (Å²) < 4.78 is 0. The molecule has 1 aliphatic heterocycles. The highest BCUT2D eigenvalue weighted by Crippen LogP contribution is 2.34. The van der Waals surface area contributed by atoms with Crippen LogP contribution in [-0.2, 0) is 0 Å². The monoisotopic (exact) mass is 668 g/mol. The maximum atomic E-state index is 5.12. The van der Waals surface area contributed by atoms with Crippen LogP contribution in [0.2, 0.25) is 13.1 Å². The second-order valence-electron chi connectivity index (χ2n) is 13.9. The van der Waals surface area contributed by atoms with Crippen molar-refractivity contribution in [3.63, 3.8) is 0 Å². The topological polar surface area (TPSA) is 25.8 Å². The van der Waals surface area contributed by atoms with Crippen LogP contribution in [-0.4, -0.2) is 18.0 Å². The first-order valence-corrected chi connectivity index (χ1v) is 20.6. The third-order valence-electron chi connectivity index (χ3n) is 10.3. The summed E-state index contributed by atoms with van der Waals surface area (Å²) in [6.45, 7) is 4.93. The highest BCUT2D eigenvalue weighted by molar-refractivity contribution is 7.03. The van der Waals surface area contributed by atoms with Gasteiger partial charge in [-0.25, -0.2) is 9.97 Å². The molecule has 0 aliphatic carbocycles. The smallest absolute Gasteiger partial charge is 0.160 e. The Bertz CT molecular complexity index is 2520. The molecule has 0 saturated carbocycles. The molecule has 242 valence electrons. The van der Waals surface area contributed by atoms with E-state index in [1.54, 1.807) is 5.19 Å². The molecule has 0 saturated heterocycles. The number of rotatable bonds is 6. The van der Waals surface area contributed by atoms with E-state index in [0.29, 0.717) is 5.82 Å². The molecule has 1 aliphatic rings. The van der Waals surface area contributed by atoms with E-state index in [1.807, 2.05) is 12.1 Å². The Labute approximate surface area is 300 Å². The average Bonchev–Trinajstić information content (AvgIpc) is 3.44. The fraction of sp³-hybridized carbons (Fsp3) is 0.0417. The van der Waals surface area contributed by atoms with Crippen LogP contribution in [0.1, 0.15) is 0 Å². The second kappa shape index (κ2) is 12.6. The van der Waals surface area contributed by atoms with Crippen molar-refractivity contribution in [1.82, 2.24) is 9.97 Å². The van der Waals surface area contributed by atoms with Crippen molar-refractivity contribution in [3.8, 4) is 78.4 Å². The van der Waals surface area contributed by atoms with E-state index < -0.39 is 8.07 Å². The molecule has 7 aromatic carbocycles. The molecule has 2 nitrogen and oxygen atoms in total. The van der Waals surface area contributed by atoms with Gasteiger partial charge in [0.05, 0.1) is 11.4 Å². The van der Waals surface area contributed by atoms with Gasteiger partial charge in [0.25, 0.3) is 0 Å². The number of benzene rings is 7. The van der Waals surface area contributed by atoms with Crippen molar-refractivity contribution >= 4 is 18.4 Å². The molecule has 51 heavy (non-hydrogen) atoms. The Morgan fingerprint density at radius 2 is 0.745 bits per heavy atom. The van der Waals surface area contributed by atoms with Gasteiger partial charge in [0.15, 0.2) is 5.82 Å². The molecule has 0 amide bonds. The first kappa shape index (κ1) is 30.9. The molecule has 1 aromatic heterocycles. The minimum Gasteiger partial charge on any atom is -0.228 e. The molecule has 9 rings (SSSR count). The van der Waals surface area contributed by atoms with E-state index in [4.69, 9.17) is 9.97 Å². The van der Waals surface area contributed by atoms with Gasteiger partial charge in [-0.15, -0.1) is 0 Å². The molecule has 0 bridgehead atoms. The predicted molar refractivity (Wildman–Crippen MR) is 217 cm³/mol. The van der Waals surface area contributed by atoms with Crippen LogP contribution in [0.25, 0.3) is 78.4 Å². The Balaban J connectivity index is 1.03. The van der Waals surface area contributed by atoms with Crippen LogP contribution in [0, 0.1) is 0 Å². The Hall–Kier alpha value is -6.16. The van der Waals surface area contributed by atoms with Gasteiger partial charge in [-0.2, -0.15) is 0 Å². The molecule has 0 spiro atoms. The molecule has 3 heteroatoms. The SMILES string of the molecule is C[Si]1(C)c2ccccc2-c2cc(-c3ccc(-c4ccc(-c5cc(-c6ccccc6)nc(-c6cccc(-c7ccccc7)c6)n5)cc4)cc3)ccc21. The molecule has 0 fully saturated rings. The zero-order chi connectivity index (χ0) is 34.4. The van der Waals surface area contributed by atoms with Crippen molar-refractivity contribution in [1.29, 1.82) is 0 Å². The Morgan fingerprint density at radius 1 is 0.314 bits per heavy atom. The summed E-state index contributed by atoms with van der Waals surface area (Å²) in [6.07, 6.45) is 0. The van der Waals surface area contributed by atoms with Crippen molar-refractivity contribution in [3.05, 3.63) is 182 Å². The van der Waals surface area contributed by atoms with E-state index in [9.17, 15) is 0 Å². The van der Waals surface area contributed by atoms with Gasteiger partial charge in [-0.05, 0) is 73.1 Å². The largest absolute Gasteiger partial charge is 0.228 e. The van der Waals surface area contributed by atoms with E-state index in [1.165, 1.54) is 44.1 Å². The molecule has 2 heterocycles. The van der Waals surface area contributed by atoms with Crippen molar-refractivity contribution in [2.24, 2.45) is 0 Å². The number of hydrogen-bond acceptors (Lipinski definition) is 2. The zero-order valence-corrected chi connectivity index (χ0v) is 29.7. The summed E-state index contributed by atoms with van der Waals surface area (Å²) in [5.41, 5.74) is 14.9. The average molecular weight is 669 g/mol. The number of nitrogens with zero attached hydrogens (tertiary/aromatic N) is 2. The first-order valence-electron chi connectivity index (χ1n) is 17.6. The fourth-order valence-corrected chi connectivity index (χ4v) is 10.6. The van der Waals surface area contributed by atoms with E-state index in [-0.39, 0.29) is 0 Å². The van der Waals surface area contributed by atoms with Crippen LogP contribution in [0.3, 0.4) is 0 Å². The van der Waals surface area contributed by atoms with E-state index in [0.717, 1.165) is 33.6 Å². The van der Waals surface area contributed by atoms with Crippen LogP contribution < -0.4 is 10.4 Å². The summed E-state index contributed by atoms with van der Waals surface area (Å²) in [5, 5.41) is 3.08. The second-order valence-corrected chi connectivity index (χ2v) is 18.2. The van der Waals surface area contributed by atoms with Gasteiger partial charge >= 0.3 is 0 Å². The van der Waals surface area contributed by atoms with Crippen molar-refractivity contribution in [2.45, 2.75) is 13.1 Å². The molecule has 8 aromatic rings. The normalized spacial score (nSPS) is 12.7. The van der Waals surface area contributed by atoms with Crippen molar-refractivity contribution in [2.75, 3.05) is 0 Å². The van der Waals surface area contributed by atoms with Crippen LogP contribution in [0.4, 0.5) is 0 Å². The van der Waals surface area contributed by atoms with Gasteiger partial charge in [0, 0.05) is 16.7 Å². The number of aromatic nitrogens is 2. The van der Waals surface area contributed by atoms with Gasteiger partial charge in [0.2, 0.25) is 0 Å². The van der Waals surface area contributed by atoms with Gasteiger partial charge in [-0.1, -0.05) is 177 Å². The molecule has 0 unspecified atom stereocenters. The van der Waals surface area contributed by atoms with Crippen LogP contribution >= 0.6 is 0 Å². The maximum absolute atomic E-state index is 5.12. The molecule has 0 atom stereocenters. The lowest BCUT2D eigenvalue weighted by molar-refractivity contribution is 1.18. The van der Waals surface area contributed by atoms with E-state index in [2.05, 4.69) is 183 Å². The zero-order valence-electron chi connectivity index (χ0n) is 28.7. The summed E-state index contributed by atoms with van der Waals surface area (Å²) in [6, 6.07) is 65.2. The fourth-order valence-electron chi connectivity index (χ4n) is 7.54. The van der Waals surface area contributed by atoms with Gasteiger partial charge < -0.3 is 0 Å². The summed E-state index contributed by atoms with van der Waals surface area (Å²) in [7, 11) is -1.65. The Kier molecular flexibility index (Phi) is 7.64. The molecular formula is C48H36N2Si. The standard InChI is InChI=1S/C48H36N2Si/c1-51(2)46-19-10-9-18-42(46)43-31-40(28-29-47(43)51)36-22-20-34(21-23-36)35-24-26-38(27-25-35)45-32-44(37-14-7-4-8-15-37)49-48(50-45)41-17-11-16-39(30-41)33-12-5-3-6-13-33/h3-32H,1-2H3. The van der Waals surface area contributed by atoms with Crippen molar-refractivity contribution < 1.29 is 0 Å². The van der Waals surface area contributed by atoms with E-state index >= 15 is 0 Å². The molecular weight excluding hydrogens is 633 g/mol. The third kappa shape index (κ3) is 5.72. The highest BCUT2D eigenvalue weighted by Gasteiger charge is 2.37. The maximum Gasteiger partial charge on any atom is 0.160 e. The van der Waals surface area contributed by atoms with Crippen LogP contribution in [0.5, 0.6) is 0 Å². The summed E-state index contributed by atoms with van der Waals surface area (Å²) in [5.74, 6) is 0.713. The summed E-state index contributed by atoms with van der Waals surface area (Å²) >= 11 is 0. The van der Waals surface area contributed by atoms with Gasteiger partial charge in [0.1, 0.15) is 8.07 Å². The highest BCUT2D eigenvalue weighted by atomic mass is 28.3. The lowest BCUT2D eigenvalue weighted by Crippen LogP contribution is -2.49. The minimum absolute atomic E-state index is 0.713. The minimum atomic E-state index is -1.65.